The van der Waals surface area contributed by atoms with Gasteiger partial charge in [-0.25, -0.2) is 0 Å². The maximum absolute atomic E-state index is 12.2. The van der Waals surface area contributed by atoms with E-state index in [0.717, 1.165) is 30.6 Å². The third-order valence-corrected chi connectivity index (χ3v) is 11.0. The molecule has 5 rings (SSSR count). The molecule has 5 fully saturated rings. The van der Waals surface area contributed by atoms with Crippen LogP contribution in [-0.2, 0) is 14.3 Å². The zero-order valence-electron chi connectivity index (χ0n) is 20.4. The number of carbonyl (C=O) groups is 1. The van der Waals surface area contributed by atoms with Gasteiger partial charge in [0.2, 0.25) is 6.29 Å². The fourth-order valence-electron chi connectivity index (χ4n) is 9.35. The van der Waals surface area contributed by atoms with E-state index in [-0.39, 0.29) is 11.4 Å². The first-order chi connectivity index (χ1) is 14.6. The average Bonchev–Trinajstić information content (AvgIpc) is 3.32. The van der Waals surface area contributed by atoms with E-state index in [1.165, 1.54) is 44.9 Å². The highest BCUT2D eigenvalue weighted by molar-refractivity contribution is 5.70. The molecule has 0 aromatic carbocycles. The minimum Gasteiger partial charge on any atom is -0.432 e. The molecule has 10 atom stereocenters. The molecule has 2 aliphatic heterocycles. The Morgan fingerprint density at radius 2 is 1.84 bits per heavy atom. The summed E-state index contributed by atoms with van der Waals surface area (Å²) in [4.78, 5) is 12.2. The molecule has 176 valence electrons. The molecule has 5 aliphatic rings. The Hall–Kier alpha value is -0.610. The van der Waals surface area contributed by atoms with Crippen LogP contribution in [0.1, 0.15) is 98.8 Å². The number of fused-ring (bicyclic) bond motifs is 4. The number of aliphatic hydroxyl groups excluding tert-OH is 1. The lowest BCUT2D eigenvalue weighted by Crippen LogP contribution is -2.61. The van der Waals surface area contributed by atoms with Crippen LogP contribution in [0.25, 0.3) is 0 Å². The molecule has 0 aromatic rings. The minimum atomic E-state index is -0.643. The van der Waals surface area contributed by atoms with Crippen LogP contribution in [0.4, 0.5) is 0 Å². The fraction of sp³-hybridized carbons (Fsp3) is 0.963. The van der Waals surface area contributed by atoms with Crippen LogP contribution in [0, 0.1) is 46.3 Å². The lowest BCUT2D eigenvalue weighted by Gasteiger charge is -2.59. The molecule has 31 heavy (non-hydrogen) atoms. The number of aliphatic hydroxyl groups is 1. The van der Waals surface area contributed by atoms with Crippen molar-refractivity contribution >= 4 is 5.97 Å². The van der Waals surface area contributed by atoms with E-state index in [9.17, 15) is 9.90 Å². The van der Waals surface area contributed by atoms with Gasteiger partial charge < -0.3 is 14.6 Å². The van der Waals surface area contributed by atoms with Crippen molar-refractivity contribution in [2.75, 3.05) is 0 Å². The monoisotopic (exact) mass is 432 g/mol. The van der Waals surface area contributed by atoms with E-state index in [4.69, 9.17) is 9.47 Å². The maximum atomic E-state index is 12.2. The standard InChI is InChI=1S/C27H44O4/c1-16(2)7-6-8-17(3)19-9-10-20-18-15-22(28)27-24(31-27)30-23(29)12-14-26(27,5)21(18)11-13-25(19,20)4/h16-22,24,28H,6-15H2,1-5H3/t17-,18+,19-,20+,21+,22+,24+,25-,26-,27-/m1/s1. The number of hydrogen-bond acceptors (Lipinski definition) is 4. The molecule has 1 N–H and O–H groups in total. The Morgan fingerprint density at radius 3 is 2.58 bits per heavy atom. The predicted molar refractivity (Wildman–Crippen MR) is 120 cm³/mol. The van der Waals surface area contributed by atoms with Crippen molar-refractivity contribution in [3.63, 3.8) is 0 Å². The smallest absolute Gasteiger partial charge is 0.308 e. The zero-order chi connectivity index (χ0) is 22.2. The van der Waals surface area contributed by atoms with Crippen molar-refractivity contribution in [3.8, 4) is 0 Å². The summed E-state index contributed by atoms with van der Waals surface area (Å²) in [5, 5.41) is 11.4. The van der Waals surface area contributed by atoms with Crippen LogP contribution in [0.5, 0.6) is 0 Å². The lowest BCUT2D eigenvalue weighted by atomic mass is 9.45. The van der Waals surface area contributed by atoms with Crippen molar-refractivity contribution in [1.29, 1.82) is 0 Å². The summed E-state index contributed by atoms with van der Waals surface area (Å²) < 4.78 is 11.6. The highest BCUT2D eigenvalue weighted by Gasteiger charge is 2.79. The molecule has 2 heterocycles. The summed E-state index contributed by atoms with van der Waals surface area (Å²) in [5.41, 5.74) is -0.398. The average molecular weight is 433 g/mol. The first-order valence-electron chi connectivity index (χ1n) is 13.2. The third kappa shape index (κ3) is 3.10. The number of carbonyl (C=O) groups excluding carboxylic acids is 1. The van der Waals surface area contributed by atoms with Gasteiger partial charge in [0.15, 0.2) is 5.60 Å². The first kappa shape index (κ1) is 22.2. The third-order valence-electron chi connectivity index (χ3n) is 11.0. The quantitative estimate of drug-likeness (QED) is 0.446. The Kier molecular flexibility index (Phi) is 5.33. The Labute approximate surface area is 188 Å². The largest absolute Gasteiger partial charge is 0.432 e. The van der Waals surface area contributed by atoms with Gasteiger partial charge in [-0.2, -0.15) is 0 Å². The van der Waals surface area contributed by atoms with Crippen LogP contribution < -0.4 is 0 Å². The van der Waals surface area contributed by atoms with Crippen LogP contribution in [0.15, 0.2) is 0 Å². The number of ether oxygens (including phenoxy) is 2. The SMILES string of the molecule is CC(C)CCC[C@@H](C)[C@H]1CC[C@H]2[C@@H]3C[C@H](O)[C@@]45O[C@@H]4OC(=O)CC[C@]5(C)[C@H]3CC[C@]12C. The van der Waals surface area contributed by atoms with Gasteiger partial charge in [-0.05, 0) is 79.4 Å². The topological polar surface area (TPSA) is 59.1 Å². The van der Waals surface area contributed by atoms with Gasteiger partial charge >= 0.3 is 5.97 Å². The second kappa shape index (κ2) is 7.45. The van der Waals surface area contributed by atoms with Gasteiger partial charge in [-0.1, -0.05) is 53.9 Å². The van der Waals surface area contributed by atoms with Gasteiger partial charge in [-0.3, -0.25) is 4.79 Å². The second-order valence-corrected chi connectivity index (χ2v) is 12.8. The zero-order valence-corrected chi connectivity index (χ0v) is 20.4. The van der Waals surface area contributed by atoms with Gasteiger partial charge in [0.1, 0.15) is 0 Å². The molecule has 2 saturated heterocycles. The summed E-state index contributed by atoms with van der Waals surface area (Å²) in [7, 11) is 0. The Morgan fingerprint density at radius 1 is 1.06 bits per heavy atom. The number of hydrogen-bond donors (Lipinski definition) is 1. The summed E-state index contributed by atoms with van der Waals surface area (Å²) in [6, 6.07) is 0. The number of rotatable bonds is 5. The van der Waals surface area contributed by atoms with Crippen LogP contribution in [0.3, 0.4) is 0 Å². The molecule has 0 bridgehead atoms. The fourth-order valence-corrected chi connectivity index (χ4v) is 9.35. The van der Waals surface area contributed by atoms with Gasteiger partial charge in [0.05, 0.1) is 6.10 Å². The van der Waals surface area contributed by atoms with E-state index in [0.29, 0.717) is 29.6 Å². The molecular formula is C27H44O4. The van der Waals surface area contributed by atoms with Gasteiger partial charge in [-0.15, -0.1) is 0 Å². The van der Waals surface area contributed by atoms with Crippen molar-refractivity contribution in [3.05, 3.63) is 0 Å². The molecule has 0 amide bonds. The molecular weight excluding hydrogens is 388 g/mol. The van der Waals surface area contributed by atoms with Gasteiger partial charge in [0.25, 0.3) is 0 Å². The summed E-state index contributed by atoms with van der Waals surface area (Å²) in [5.74, 6) is 4.04. The highest BCUT2D eigenvalue weighted by Crippen LogP contribution is 2.72. The number of esters is 1. The summed E-state index contributed by atoms with van der Waals surface area (Å²) in [6.07, 6.45) is 10.3. The molecule has 1 spiro atoms. The first-order valence-corrected chi connectivity index (χ1v) is 13.2. The van der Waals surface area contributed by atoms with Crippen LogP contribution in [-0.4, -0.2) is 29.1 Å². The predicted octanol–water partition coefficient (Wildman–Crippen LogP) is 5.71. The molecule has 4 nitrogen and oxygen atoms in total. The molecule has 4 heteroatoms. The molecule has 0 unspecified atom stereocenters. The van der Waals surface area contributed by atoms with Gasteiger partial charge in [0, 0.05) is 11.8 Å². The summed E-state index contributed by atoms with van der Waals surface area (Å²) in [6.45, 7) is 12.1. The molecule has 3 saturated carbocycles. The Balaban J connectivity index is 1.37. The van der Waals surface area contributed by atoms with Crippen LogP contribution in [0.2, 0.25) is 0 Å². The lowest BCUT2D eigenvalue weighted by molar-refractivity contribution is -0.159. The maximum Gasteiger partial charge on any atom is 0.308 e. The molecule has 0 aromatic heterocycles. The normalized spacial score (nSPS) is 51.8. The minimum absolute atomic E-state index is 0.155. The van der Waals surface area contributed by atoms with Crippen molar-refractivity contribution in [2.45, 2.75) is 117 Å². The van der Waals surface area contributed by atoms with E-state index in [1.54, 1.807) is 0 Å². The van der Waals surface area contributed by atoms with E-state index in [2.05, 4.69) is 34.6 Å². The molecule has 3 aliphatic carbocycles. The number of epoxide rings is 1. The van der Waals surface area contributed by atoms with Crippen molar-refractivity contribution in [1.82, 2.24) is 0 Å². The highest BCUT2D eigenvalue weighted by atomic mass is 16.8. The summed E-state index contributed by atoms with van der Waals surface area (Å²) >= 11 is 0. The van der Waals surface area contributed by atoms with Crippen molar-refractivity contribution in [2.24, 2.45) is 46.3 Å². The van der Waals surface area contributed by atoms with Crippen molar-refractivity contribution < 1.29 is 19.4 Å². The Bertz CT molecular complexity index is 720. The molecule has 0 radical (unpaired) electrons. The van der Waals surface area contributed by atoms with E-state index >= 15 is 0 Å². The van der Waals surface area contributed by atoms with Crippen LogP contribution >= 0.6 is 0 Å². The second-order valence-electron chi connectivity index (χ2n) is 12.8. The van der Waals surface area contributed by atoms with E-state index in [1.807, 2.05) is 0 Å². The van der Waals surface area contributed by atoms with E-state index < -0.39 is 18.0 Å².